The standard InChI is InChI=1S/C15H18N2O2S/c1-4-5-6-7-14(18)16-12-8-10-13(11-9-12)20-15(19)17(2)3/h4-11H,1-3H3,(H,16,18)/b5-4+,7-6+. The fourth-order valence-electron chi connectivity index (χ4n) is 1.24. The third kappa shape index (κ3) is 5.75. The minimum absolute atomic E-state index is 0.0314. The lowest BCUT2D eigenvalue weighted by Gasteiger charge is -2.09. The third-order valence-electron chi connectivity index (χ3n) is 2.24. The number of hydrogen-bond acceptors (Lipinski definition) is 3. The highest BCUT2D eigenvalue weighted by molar-refractivity contribution is 8.13. The van der Waals surface area contributed by atoms with Crippen LogP contribution in [0.1, 0.15) is 6.92 Å². The number of carbonyl (C=O) groups excluding carboxylic acids is 2. The van der Waals surface area contributed by atoms with Crippen molar-refractivity contribution in [2.24, 2.45) is 0 Å². The largest absolute Gasteiger partial charge is 0.339 e. The van der Waals surface area contributed by atoms with Crippen LogP contribution in [0.25, 0.3) is 0 Å². The normalized spacial score (nSPS) is 10.9. The Kier molecular flexibility index (Phi) is 6.59. The van der Waals surface area contributed by atoms with Crippen LogP contribution in [0.3, 0.4) is 0 Å². The van der Waals surface area contributed by atoms with Gasteiger partial charge in [-0.15, -0.1) is 0 Å². The number of nitrogens with one attached hydrogen (secondary N) is 1. The van der Waals surface area contributed by atoms with Crippen LogP contribution in [-0.4, -0.2) is 30.1 Å². The van der Waals surface area contributed by atoms with Crippen LogP contribution in [0.2, 0.25) is 0 Å². The highest BCUT2D eigenvalue weighted by Gasteiger charge is 2.06. The van der Waals surface area contributed by atoms with E-state index in [1.165, 1.54) is 11.0 Å². The summed E-state index contributed by atoms with van der Waals surface area (Å²) in [5, 5.41) is 2.71. The van der Waals surface area contributed by atoms with Crippen molar-refractivity contribution in [2.75, 3.05) is 19.4 Å². The number of benzene rings is 1. The maximum Gasteiger partial charge on any atom is 0.285 e. The maximum atomic E-state index is 11.5. The molecule has 1 N–H and O–H groups in total. The molecule has 1 aromatic rings. The van der Waals surface area contributed by atoms with E-state index in [0.29, 0.717) is 5.69 Å². The Labute approximate surface area is 123 Å². The van der Waals surface area contributed by atoms with Crippen molar-refractivity contribution in [3.8, 4) is 0 Å². The molecule has 0 bridgehead atoms. The number of rotatable bonds is 4. The Morgan fingerprint density at radius 1 is 1.15 bits per heavy atom. The first-order valence-electron chi connectivity index (χ1n) is 6.12. The van der Waals surface area contributed by atoms with Gasteiger partial charge in [0.05, 0.1) is 0 Å². The van der Waals surface area contributed by atoms with Gasteiger partial charge in [0.1, 0.15) is 0 Å². The Bertz CT molecular complexity index is 519. The Hall–Kier alpha value is -2.01. The molecule has 0 aliphatic rings. The van der Waals surface area contributed by atoms with Crippen LogP contribution in [0, 0.1) is 0 Å². The first-order valence-corrected chi connectivity index (χ1v) is 6.94. The first kappa shape index (κ1) is 16.0. The molecule has 1 aromatic carbocycles. The van der Waals surface area contributed by atoms with Crippen LogP contribution in [0.15, 0.2) is 53.5 Å². The van der Waals surface area contributed by atoms with E-state index in [4.69, 9.17) is 0 Å². The molecule has 0 saturated carbocycles. The van der Waals surface area contributed by atoms with E-state index < -0.39 is 0 Å². The molecule has 4 nitrogen and oxygen atoms in total. The van der Waals surface area contributed by atoms with Gasteiger partial charge in [0, 0.05) is 30.8 Å². The molecular weight excluding hydrogens is 272 g/mol. The smallest absolute Gasteiger partial charge is 0.285 e. The molecule has 0 aromatic heterocycles. The van der Waals surface area contributed by atoms with Crippen molar-refractivity contribution in [1.29, 1.82) is 0 Å². The van der Waals surface area contributed by atoms with E-state index in [1.807, 2.05) is 13.0 Å². The molecular formula is C15H18N2O2S. The van der Waals surface area contributed by atoms with Crippen LogP contribution in [0.4, 0.5) is 10.5 Å². The lowest BCUT2D eigenvalue weighted by Crippen LogP contribution is -2.16. The number of anilines is 1. The highest BCUT2D eigenvalue weighted by atomic mass is 32.2. The number of hydrogen-bond donors (Lipinski definition) is 1. The maximum absolute atomic E-state index is 11.5. The van der Waals surface area contributed by atoms with Crippen LogP contribution in [0.5, 0.6) is 0 Å². The summed E-state index contributed by atoms with van der Waals surface area (Å²) in [6.07, 6.45) is 6.76. The minimum atomic E-state index is -0.187. The lowest BCUT2D eigenvalue weighted by molar-refractivity contribution is -0.111. The Morgan fingerprint density at radius 3 is 2.35 bits per heavy atom. The monoisotopic (exact) mass is 290 g/mol. The van der Waals surface area contributed by atoms with Crippen LogP contribution >= 0.6 is 11.8 Å². The molecule has 0 aliphatic heterocycles. The fraction of sp³-hybridized carbons (Fsp3) is 0.200. The molecule has 20 heavy (non-hydrogen) atoms. The Morgan fingerprint density at radius 2 is 1.80 bits per heavy atom. The van der Waals surface area contributed by atoms with Gasteiger partial charge in [0.25, 0.3) is 5.24 Å². The topological polar surface area (TPSA) is 49.4 Å². The zero-order valence-electron chi connectivity index (χ0n) is 11.8. The van der Waals surface area contributed by atoms with Crippen molar-refractivity contribution in [3.63, 3.8) is 0 Å². The summed E-state index contributed by atoms with van der Waals surface area (Å²) in [5.74, 6) is -0.187. The van der Waals surface area contributed by atoms with Crippen molar-refractivity contribution in [2.45, 2.75) is 11.8 Å². The van der Waals surface area contributed by atoms with Gasteiger partial charge in [0.15, 0.2) is 0 Å². The average molecular weight is 290 g/mol. The fourth-order valence-corrected chi connectivity index (χ4v) is 1.89. The first-order chi connectivity index (χ1) is 9.52. The van der Waals surface area contributed by atoms with Gasteiger partial charge in [0.2, 0.25) is 5.91 Å². The SMILES string of the molecule is C/C=C/C=C/C(=O)Nc1ccc(SC(=O)N(C)C)cc1. The van der Waals surface area contributed by atoms with Gasteiger partial charge in [-0.3, -0.25) is 9.59 Å². The second kappa shape index (κ2) is 8.22. The predicted molar refractivity (Wildman–Crippen MR) is 84.0 cm³/mol. The number of nitrogens with zero attached hydrogens (tertiary/aromatic N) is 1. The van der Waals surface area contributed by atoms with Crippen LogP contribution < -0.4 is 5.32 Å². The van der Waals surface area contributed by atoms with E-state index >= 15 is 0 Å². The molecule has 0 saturated heterocycles. The van der Waals surface area contributed by atoms with E-state index in [9.17, 15) is 9.59 Å². The van der Waals surface area contributed by atoms with Gasteiger partial charge in [-0.2, -0.15) is 0 Å². The predicted octanol–water partition coefficient (Wildman–Crippen LogP) is 3.53. The molecule has 5 heteroatoms. The van der Waals surface area contributed by atoms with Crippen molar-refractivity contribution in [1.82, 2.24) is 4.90 Å². The summed E-state index contributed by atoms with van der Waals surface area (Å²) in [4.78, 5) is 25.4. The number of carbonyl (C=O) groups is 2. The summed E-state index contributed by atoms with van der Waals surface area (Å²) < 4.78 is 0. The summed E-state index contributed by atoms with van der Waals surface area (Å²) in [6.45, 7) is 1.88. The van der Waals surface area contributed by atoms with Crippen LogP contribution in [-0.2, 0) is 4.79 Å². The highest BCUT2D eigenvalue weighted by Crippen LogP contribution is 2.22. The van der Waals surface area contributed by atoms with Gasteiger partial charge in [-0.25, -0.2) is 0 Å². The van der Waals surface area contributed by atoms with Crippen molar-refractivity contribution < 1.29 is 9.59 Å². The van der Waals surface area contributed by atoms with Crippen molar-refractivity contribution in [3.05, 3.63) is 48.6 Å². The minimum Gasteiger partial charge on any atom is -0.339 e. The second-order valence-electron chi connectivity index (χ2n) is 4.16. The molecule has 0 spiro atoms. The zero-order chi connectivity index (χ0) is 15.0. The van der Waals surface area contributed by atoms with Gasteiger partial charge in [-0.05, 0) is 43.0 Å². The third-order valence-corrected chi connectivity index (χ3v) is 3.29. The lowest BCUT2D eigenvalue weighted by atomic mass is 10.3. The van der Waals surface area contributed by atoms with Gasteiger partial charge < -0.3 is 10.2 Å². The van der Waals surface area contributed by atoms with E-state index in [0.717, 1.165) is 16.7 Å². The molecule has 2 amide bonds. The second-order valence-corrected chi connectivity index (χ2v) is 5.19. The number of allylic oxidation sites excluding steroid dienone is 3. The number of thioether (sulfide) groups is 1. The van der Waals surface area contributed by atoms with E-state index in [-0.39, 0.29) is 11.1 Å². The molecule has 1 rings (SSSR count). The van der Waals surface area contributed by atoms with E-state index in [1.54, 1.807) is 50.5 Å². The summed E-state index contributed by atoms with van der Waals surface area (Å²) in [7, 11) is 3.42. The molecule has 0 heterocycles. The molecule has 0 atom stereocenters. The van der Waals surface area contributed by atoms with E-state index in [2.05, 4.69) is 5.32 Å². The van der Waals surface area contributed by atoms with Gasteiger partial charge >= 0.3 is 0 Å². The number of amides is 2. The molecule has 0 radical (unpaired) electrons. The molecule has 0 fully saturated rings. The van der Waals surface area contributed by atoms with Gasteiger partial charge in [-0.1, -0.05) is 18.2 Å². The molecule has 0 aliphatic carbocycles. The Balaban J connectivity index is 2.58. The summed E-state index contributed by atoms with van der Waals surface area (Å²) >= 11 is 1.15. The van der Waals surface area contributed by atoms with Crippen molar-refractivity contribution >= 4 is 28.6 Å². The average Bonchev–Trinajstić information content (AvgIpc) is 2.41. The molecule has 106 valence electrons. The summed E-state index contributed by atoms with van der Waals surface area (Å²) in [5.41, 5.74) is 0.696. The molecule has 0 unspecified atom stereocenters. The quantitative estimate of drug-likeness (QED) is 0.524. The summed E-state index contributed by atoms with van der Waals surface area (Å²) in [6, 6.07) is 7.15. The zero-order valence-corrected chi connectivity index (χ0v) is 12.6.